The number of aryl methyl sites for hydroxylation is 2. The molecule has 1 fully saturated rings. The van der Waals surface area contributed by atoms with Gasteiger partial charge < -0.3 is 14.5 Å². The number of hydrogen-bond donors (Lipinski definition) is 1. The third-order valence-corrected chi connectivity index (χ3v) is 6.18. The van der Waals surface area contributed by atoms with E-state index in [2.05, 4.69) is 5.32 Å². The number of anilines is 1. The highest BCUT2D eigenvalue weighted by Crippen LogP contribution is 2.25. The Morgan fingerprint density at radius 3 is 2.52 bits per heavy atom. The van der Waals surface area contributed by atoms with Crippen LogP contribution in [0.1, 0.15) is 21.7 Å². The number of sulfonamides is 1. The zero-order chi connectivity index (χ0) is 18.0. The molecule has 134 valence electrons. The number of rotatable bonds is 4. The van der Waals surface area contributed by atoms with Crippen LogP contribution in [0.4, 0.5) is 5.69 Å². The van der Waals surface area contributed by atoms with Gasteiger partial charge in [0.1, 0.15) is 5.76 Å². The Labute approximate surface area is 146 Å². The van der Waals surface area contributed by atoms with E-state index >= 15 is 0 Å². The number of benzene rings is 1. The first-order chi connectivity index (χ1) is 11.9. The number of nitrogens with one attached hydrogen (secondary N) is 1. The van der Waals surface area contributed by atoms with Crippen molar-refractivity contribution in [3.8, 4) is 0 Å². The summed E-state index contributed by atoms with van der Waals surface area (Å²) >= 11 is 0. The lowest BCUT2D eigenvalue weighted by Gasteiger charge is -2.26. The predicted octanol–water partition coefficient (Wildman–Crippen LogP) is 2.17. The van der Waals surface area contributed by atoms with Gasteiger partial charge in [0.25, 0.3) is 5.91 Å². The Morgan fingerprint density at radius 2 is 1.88 bits per heavy atom. The Morgan fingerprint density at radius 1 is 1.16 bits per heavy atom. The van der Waals surface area contributed by atoms with Crippen molar-refractivity contribution >= 4 is 21.6 Å². The second kappa shape index (κ2) is 6.99. The van der Waals surface area contributed by atoms with Gasteiger partial charge in [0, 0.05) is 18.8 Å². The second-order valence-corrected chi connectivity index (χ2v) is 7.75. The van der Waals surface area contributed by atoms with Crippen molar-refractivity contribution in [3.05, 3.63) is 47.4 Å². The first-order valence-corrected chi connectivity index (χ1v) is 9.37. The molecule has 1 saturated heterocycles. The summed E-state index contributed by atoms with van der Waals surface area (Å²) in [5, 5.41) is 2.72. The van der Waals surface area contributed by atoms with Crippen LogP contribution in [0.2, 0.25) is 0 Å². The van der Waals surface area contributed by atoms with E-state index < -0.39 is 10.0 Å². The molecule has 0 saturated carbocycles. The van der Waals surface area contributed by atoms with Gasteiger partial charge in [-0.1, -0.05) is 6.07 Å². The first kappa shape index (κ1) is 17.7. The van der Waals surface area contributed by atoms with Crippen molar-refractivity contribution in [2.24, 2.45) is 0 Å². The van der Waals surface area contributed by atoms with E-state index in [1.54, 1.807) is 32.0 Å². The number of carbonyl (C=O) groups excluding carboxylic acids is 1. The maximum Gasteiger partial charge on any atom is 0.259 e. The highest BCUT2D eigenvalue weighted by molar-refractivity contribution is 7.89. The van der Waals surface area contributed by atoms with Crippen molar-refractivity contribution in [2.45, 2.75) is 18.7 Å². The summed E-state index contributed by atoms with van der Waals surface area (Å²) in [5.74, 6) is 0.163. The van der Waals surface area contributed by atoms with Gasteiger partial charge in [-0.3, -0.25) is 4.79 Å². The monoisotopic (exact) mass is 364 g/mol. The maximum atomic E-state index is 12.9. The van der Waals surface area contributed by atoms with Gasteiger partial charge in [-0.15, -0.1) is 0 Å². The SMILES string of the molecule is Cc1ccc(NC(=O)c2ccoc2C)cc1S(=O)(=O)N1CCOCC1. The van der Waals surface area contributed by atoms with Crippen molar-refractivity contribution < 1.29 is 22.4 Å². The number of ether oxygens (including phenoxy) is 1. The molecule has 1 aliphatic rings. The smallest absolute Gasteiger partial charge is 0.259 e. The van der Waals surface area contributed by atoms with Crippen molar-refractivity contribution in [1.82, 2.24) is 4.31 Å². The Bertz CT molecular complexity index is 882. The molecule has 3 rings (SSSR count). The second-order valence-electron chi connectivity index (χ2n) is 5.84. The number of morpholine rings is 1. The van der Waals surface area contributed by atoms with Gasteiger partial charge >= 0.3 is 0 Å². The van der Waals surface area contributed by atoms with Crippen LogP contribution in [-0.2, 0) is 14.8 Å². The molecule has 8 heteroatoms. The van der Waals surface area contributed by atoms with Gasteiger partial charge in [0.2, 0.25) is 10.0 Å². The molecule has 2 aromatic rings. The number of hydrogen-bond acceptors (Lipinski definition) is 5. The fourth-order valence-corrected chi connectivity index (χ4v) is 4.36. The van der Waals surface area contributed by atoms with Crippen LogP contribution in [0.3, 0.4) is 0 Å². The van der Waals surface area contributed by atoms with E-state index in [-0.39, 0.29) is 10.8 Å². The summed E-state index contributed by atoms with van der Waals surface area (Å²) in [6, 6.07) is 6.43. The fraction of sp³-hybridized carbons (Fsp3) is 0.353. The summed E-state index contributed by atoms with van der Waals surface area (Å²) in [6.45, 7) is 4.85. The molecule has 2 heterocycles. The number of furan rings is 1. The van der Waals surface area contributed by atoms with Crippen LogP contribution in [0.25, 0.3) is 0 Å². The lowest BCUT2D eigenvalue weighted by molar-refractivity contribution is 0.0730. The minimum absolute atomic E-state index is 0.191. The van der Waals surface area contributed by atoms with E-state index in [1.807, 2.05) is 0 Å². The molecule has 1 amide bonds. The summed E-state index contributed by atoms with van der Waals surface area (Å²) in [4.78, 5) is 12.5. The molecule has 1 N–H and O–H groups in total. The molecule has 0 unspecified atom stereocenters. The van der Waals surface area contributed by atoms with Crippen LogP contribution in [0.15, 0.2) is 39.8 Å². The van der Waals surface area contributed by atoms with E-state index in [1.165, 1.54) is 16.6 Å². The van der Waals surface area contributed by atoms with Crippen LogP contribution < -0.4 is 5.32 Å². The Kier molecular flexibility index (Phi) is 4.94. The number of carbonyl (C=O) groups is 1. The average Bonchev–Trinajstić information content (AvgIpc) is 3.03. The third kappa shape index (κ3) is 3.60. The normalized spacial score (nSPS) is 15.9. The highest BCUT2D eigenvalue weighted by atomic mass is 32.2. The zero-order valence-electron chi connectivity index (χ0n) is 14.1. The molecule has 0 radical (unpaired) electrons. The van der Waals surface area contributed by atoms with Crippen molar-refractivity contribution in [1.29, 1.82) is 0 Å². The number of amides is 1. The van der Waals surface area contributed by atoms with E-state index in [4.69, 9.17) is 9.15 Å². The molecular formula is C17H20N2O5S. The lowest BCUT2D eigenvalue weighted by atomic mass is 10.2. The van der Waals surface area contributed by atoms with Gasteiger partial charge in [0.05, 0.1) is 29.9 Å². The molecule has 0 atom stereocenters. The van der Waals surface area contributed by atoms with E-state index in [0.717, 1.165) is 0 Å². The zero-order valence-corrected chi connectivity index (χ0v) is 14.9. The minimum Gasteiger partial charge on any atom is -0.469 e. The van der Waals surface area contributed by atoms with Gasteiger partial charge in [-0.2, -0.15) is 4.31 Å². The van der Waals surface area contributed by atoms with Gasteiger partial charge in [-0.25, -0.2) is 8.42 Å². The van der Waals surface area contributed by atoms with Crippen LogP contribution in [-0.4, -0.2) is 44.9 Å². The molecule has 1 aliphatic heterocycles. The van der Waals surface area contributed by atoms with Crippen LogP contribution >= 0.6 is 0 Å². The molecule has 0 bridgehead atoms. The fourth-order valence-electron chi connectivity index (χ4n) is 2.70. The Hall–Kier alpha value is -2.16. The topological polar surface area (TPSA) is 88.8 Å². The summed E-state index contributed by atoms with van der Waals surface area (Å²) < 4.78 is 37.5. The number of nitrogens with zero attached hydrogens (tertiary/aromatic N) is 1. The summed E-state index contributed by atoms with van der Waals surface area (Å²) in [6.07, 6.45) is 1.44. The molecule has 0 spiro atoms. The molecular weight excluding hydrogens is 344 g/mol. The van der Waals surface area contributed by atoms with E-state index in [9.17, 15) is 13.2 Å². The first-order valence-electron chi connectivity index (χ1n) is 7.93. The third-order valence-electron chi connectivity index (χ3n) is 4.14. The maximum absolute atomic E-state index is 12.9. The largest absolute Gasteiger partial charge is 0.469 e. The lowest BCUT2D eigenvalue weighted by Crippen LogP contribution is -2.40. The standard InChI is InChI=1S/C17H20N2O5S/c1-12-3-4-14(18-17(20)15-5-8-24-13(15)2)11-16(12)25(21,22)19-6-9-23-10-7-19/h3-5,8,11H,6-7,9-10H2,1-2H3,(H,18,20). The van der Waals surface area contributed by atoms with Gasteiger partial charge in [0.15, 0.2) is 0 Å². The van der Waals surface area contributed by atoms with E-state index in [0.29, 0.717) is 48.9 Å². The van der Waals surface area contributed by atoms with Crippen LogP contribution in [0, 0.1) is 13.8 Å². The van der Waals surface area contributed by atoms with Crippen molar-refractivity contribution in [2.75, 3.05) is 31.6 Å². The summed E-state index contributed by atoms with van der Waals surface area (Å²) in [7, 11) is -3.63. The molecule has 0 aliphatic carbocycles. The highest BCUT2D eigenvalue weighted by Gasteiger charge is 2.28. The van der Waals surface area contributed by atoms with Crippen LogP contribution in [0.5, 0.6) is 0 Å². The van der Waals surface area contributed by atoms with Crippen molar-refractivity contribution in [3.63, 3.8) is 0 Å². The average molecular weight is 364 g/mol. The predicted molar refractivity (Wildman–Crippen MR) is 92.2 cm³/mol. The minimum atomic E-state index is -3.63. The van der Waals surface area contributed by atoms with Gasteiger partial charge in [-0.05, 0) is 37.6 Å². The molecule has 1 aromatic carbocycles. The molecule has 7 nitrogen and oxygen atoms in total. The molecule has 1 aromatic heterocycles. The molecule has 25 heavy (non-hydrogen) atoms. The summed E-state index contributed by atoms with van der Waals surface area (Å²) in [5.41, 5.74) is 1.46. The Balaban J connectivity index is 1.88. The quantitative estimate of drug-likeness (QED) is 0.898.